The van der Waals surface area contributed by atoms with Gasteiger partial charge in [0.15, 0.2) is 0 Å². The molecule has 1 rings (SSSR count). The number of esters is 2. The number of rotatable bonds is 8. The van der Waals surface area contributed by atoms with Crippen LogP contribution in [0, 0.1) is 0 Å². The molecule has 8 nitrogen and oxygen atoms in total. The molecule has 2 amide bonds. The van der Waals surface area contributed by atoms with Crippen LogP contribution in [-0.2, 0) is 35.1 Å². The Kier molecular flexibility index (Phi) is 8.63. The smallest absolute Gasteiger partial charge is 0.328 e. The number of amides is 2. The van der Waals surface area contributed by atoms with Crippen LogP contribution in [0.25, 0.3) is 0 Å². The lowest BCUT2D eigenvalue weighted by Gasteiger charge is -2.24. The molecule has 1 aromatic rings. The average molecular weight is 392 g/mol. The Balaban J connectivity index is 2.90. The highest BCUT2D eigenvalue weighted by atomic mass is 16.6. The topological polar surface area (TPSA) is 111 Å². The highest BCUT2D eigenvalue weighted by Crippen LogP contribution is 2.10. The van der Waals surface area contributed by atoms with Crippen molar-refractivity contribution in [1.29, 1.82) is 0 Å². The molecular formula is C20H28N2O6. The van der Waals surface area contributed by atoms with Crippen molar-refractivity contribution < 1.29 is 28.7 Å². The van der Waals surface area contributed by atoms with Crippen LogP contribution in [0.1, 0.15) is 39.7 Å². The average Bonchev–Trinajstić information content (AvgIpc) is 2.58. The van der Waals surface area contributed by atoms with Gasteiger partial charge in [-0.1, -0.05) is 30.3 Å². The van der Waals surface area contributed by atoms with Gasteiger partial charge in [0.2, 0.25) is 11.8 Å². The first kappa shape index (κ1) is 23.1. The first-order chi connectivity index (χ1) is 13.0. The zero-order chi connectivity index (χ0) is 21.3. The van der Waals surface area contributed by atoms with Gasteiger partial charge in [-0.25, -0.2) is 4.79 Å². The zero-order valence-electron chi connectivity index (χ0n) is 16.9. The second-order valence-electron chi connectivity index (χ2n) is 7.32. The van der Waals surface area contributed by atoms with Crippen molar-refractivity contribution in [1.82, 2.24) is 10.6 Å². The molecule has 28 heavy (non-hydrogen) atoms. The van der Waals surface area contributed by atoms with E-state index in [0.29, 0.717) is 0 Å². The third-order valence-corrected chi connectivity index (χ3v) is 3.57. The molecule has 0 heterocycles. The maximum atomic E-state index is 12.7. The zero-order valence-corrected chi connectivity index (χ0v) is 16.9. The normalized spacial score (nSPS) is 13.0. The molecule has 1 aromatic carbocycles. The van der Waals surface area contributed by atoms with E-state index in [1.54, 1.807) is 20.8 Å². The van der Waals surface area contributed by atoms with E-state index in [2.05, 4.69) is 15.4 Å². The highest BCUT2D eigenvalue weighted by Gasteiger charge is 2.30. The number of benzene rings is 1. The molecule has 0 radical (unpaired) electrons. The van der Waals surface area contributed by atoms with Crippen molar-refractivity contribution in [2.75, 3.05) is 7.11 Å². The number of ether oxygens (including phenoxy) is 2. The molecule has 2 N–H and O–H groups in total. The standard InChI is InChI=1S/C20H28N2O6/c1-13(23)21-15(11-14-9-7-6-8-10-14)18(25)22-16(19(26)27-5)12-17(24)28-20(2,3)4/h6-10,15-16H,11-12H2,1-5H3,(H,21,23)(H,22,25)/t15-,16-/m1/s1. The molecule has 0 aromatic heterocycles. The van der Waals surface area contributed by atoms with Crippen LogP contribution < -0.4 is 10.6 Å². The van der Waals surface area contributed by atoms with E-state index < -0.39 is 41.4 Å². The molecule has 8 heteroatoms. The summed E-state index contributed by atoms with van der Waals surface area (Å²) < 4.78 is 9.87. The Morgan fingerprint density at radius 3 is 2.11 bits per heavy atom. The monoisotopic (exact) mass is 392 g/mol. The molecule has 0 unspecified atom stereocenters. The minimum atomic E-state index is -1.22. The number of carbonyl (C=O) groups is 4. The van der Waals surface area contributed by atoms with Gasteiger partial charge in [0.25, 0.3) is 0 Å². The molecule has 0 bridgehead atoms. The summed E-state index contributed by atoms with van der Waals surface area (Å²) in [5.41, 5.74) is 0.103. The number of hydrogen-bond donors (Lipinski definition) is 2. The molecule has 2 atom stereocenters. The summed E-state index contributed by atoms with van der Waals surface area (Å²) in [4.78, 5) is 48.3. The molecule has 0 saturated heterocycles. The van der Waals surface area contributed by atoms with E-state index in [9.17, 15) is 19.2 Å². The third-order valence-electron chi connectivity index (χ3n) is 3.57. The predicted molar refractivity (Wildman–Crippen MR) is 102 cm³/mol. The maximum Gasteiger partial charge on any atom is 0.328 e. The maximum absolute atomic E-state index is 12.7. The largest absolute Gasteiger partial charge is 0.467 e. The molecule has 0 fully saturated rings. The minimum absolute atomic E-state index is 0.229. The lowest BCUT2D eigenvalue weighted by molar-refractivity contribution is -0.159. The van der Waals surface area contributed by atoms with Crippen LogP contribution in [0.5, 0.6) is 0 Å². The number of methoxy groups -OCH3 is 1. The van der Waals surface area contributed by atoms with Crippen LogP contribution in [0.4, 0.5) is 0 Å². The summed E-state index contributed by atoms with van der Waals surface area (Å²) in [6, 6.07) is 6.98. The molecular weight excluding hydrogens is 364 g/mol. The summed E-state index contributed by atoms with van der Waals surface area (Å²) in [6.07, 6.45) is -0.152. The number of carbonyl (C=O) groups excluding carboxylic acids is 4. The van der Waals surface area contributed by atoms with Gasteiger partial charge >= 0.3 is 11.9 Å². The fourth-order valence-electron chi connectivity index (χ4n) is 2.46. The number of nitrogens with one attached hydrogen (secondary N) is 2. The van der Waals surface area contributed by atoms with Gasteiger partial charge in [0, 0.05) is 13.3 Å². The Morgan fingerprint density at radius 1 is 1.00 bits per heavy atom. The van der Waals surface area contributed by atoms with Gasteiger partial charge in [-0.3, -0.25) is 14.4 Å². The summed E-state index contributed by atoms with van der Waals surface area (Å²) in [5, 5.41) is 5.04. The second kappa shape index (κ2) is 10.4. The van der Waals surface area contributed by atoms with Crippen LogP contribution in [0.3, 0.4) is 0 Å². The molecule has 0 aliphatic heterocycles. The SMILES string of the molecule is COC(=O)[C@@H](CC(=O)OC(C)(C)C)NC(=O)[C@@H](Cc1ccccc1)NC(C)=O. The molecule has 0 aliphatic rings. The number of hydrogen-bond acceptors (Lipinski definition) is 6. The second-order valence-corrected chi connectivity index (χ2v) is 7.32. The highest BCUT2D eigenvalue weighted by molar-refractivity contribution is 5.92. The van der Waals surface area contributed by atoms with Gasteiger partial charge in [-0.2, -0.15) is 0 Å². The van der Waals surface area contributed by atoms with Crippen molar-refractivity contribution in [3.63, 3.8) is 0 Å². The fourth-order valence-corrected chi connectivity index (χ4v) is 2.46. The lowest BCUT2D eigenvalue weighted by atomic mass is 10.0. The first-order valence-corrected chi connectivity index (χ1v) is 8.93. The fraction of sp³-hybridized carbons (Fsp3) is 0.500. The van der Waals surface area contributed by atoms with Gasteiger partial charge < -0.3 is 20.1 Å². The first-order valence-electron chi connectivity index (χ1n) is 8.93. The molecule has 0 spiro atoms. The van der Waals surface area contributed by atoms with Gasteiger partial charge in [-0.05, 0) is 26.3 Å². The van der Waals surface area contributed by atoms with Crippen molar-refractivity contribution in [2.45, 2.75) is 58.2 Å². The van der Waals surface area contributed by atoms with E-state index in [1.807, 2.05) is 30.3 Å². The Morgan fingerprint density at radius 2 is 1.61 bits per heavy atom. The lowest BCUT2D eigenvalue weighted by Crippen LogP contribution is -2.53. The van der Waals surface area contributed by atoms with Gasteiger partial charge in [-0.15, -0.1) is 0 Å². The van der Waals surface area contributed by atoms with E-state index in [1.165, 1.54) is 6.92 Å². The van der Waals surface area contributed by atoms with Gasteiger partial charge in [0.1, 0.15) is 17.7 Å². The quantitative estimate of drug-likeness (QED) is 0.642. The Hall–Kier alpha value is -2.90. The van der Waals surface area contributed by atoms with Crippen LogP contribution >= 0.6 is 0 Å². The van der Waals surface area contributed by atoms with E-state index in [-0.39, 0.29) is 12.8 Å². The predicted octanol–water partition coefficient (Wildman–Crippen LogP) is 1.12. The van der Waals surface area contributed by atoms with Gasteiger partial charge in [0.05, 0.1) is 13.5 Å². The van der Waals surface area contributed by atoms with E-state index in [0.717, 1.165) is 12.7 Å². The van der Waals surface area contributed by atoms with Crippen molar-refractivity contribution in [3.05, 3.63) is 35.9 Å². The van der Waals surface area contributed by atoms with E-state index in [4.69, 9.17) is 4.74 Å². The molecule has 0 saturated carbocycles. The summed E-state index contributed by atoms with van der Waals surface area (Å²) in [6.45, 7) is 6.39. The van der Waals surface area contributed by atoms with Crippen molar-refractivity contribution in [3.8, 4) is 0 Å². The third kappa shape index (κ3) is 8.66. The Bertz CT molecular complexity index is 696. The van der Waals surface area contributed by atoms with Crippen molar-refractivity contribution >= 4 is 23.8 Å². The molecule has 154 valence electrons. The van der Waals surface area contributed by atoms with Crippen molar-refractivity contribution in [2.24, 2.45) is 0 Å². The minimum Gasteiger partial charge on any atom is -0.467 e. The molecule has 0 aliphatic carbocycles. The summed E-state index contributed by atoms with van der Waals surface area (Å²) in [7, 11) is 1.16. The Labute approximate surface area is 165 Å². The van der Waals surface area contributed by atoms with Crippen LogP contribution in [0.2, 0.25) is 0 Å². The summed E-state index contributed by atoms with van der Waals surface area (Å²) in [5.74, 6) is -2.42. The summed E-state index contributed by atoms with van der Waals surface area (Å²) >= 11 is 0. The van der Waals surface area contributed by atoms with Crippen LogP contribution in [0.15, 0.2) is 30.3 Å². The van der Waals surface area contributed by atoms with E-state index >= 15 is 0 Å². The van der Waals surface area contributed by atoms with Crippen LogP contribution in [-0.4, -0.2) is 48.5 Å².